The fraction of sp³-hybridized carbons (Fsp3) is 0.176. The highest BCUT2D eigenvalue weighted by molar-refractivity contribution is 7.20. The first-order valence-electron chi connectivity index (χ1n) is 7.51. The fourth-order valence-corrected chi connectivity index (χ4v) is 3.56. The molecule has 2 heterocycles. The highest BCUT2D eigenvalue weighted by atomic mass is 35.5. The number of nitrogens with one attached hydrogen (secondary N) is 1. The van der Waals surface area contributed by atoms with E-state index in [1.54, 1.807) is 29.2 Å². The van der Waals surface area contributed by atoms with Gasteiger partial charge in [-0.3, -0.25) is 0 Å². The number of rotatable bonds is 3. The van der Waals surface area contributed by atoms with E-state index in [9.17, 15) is 4.79 Å². The SMILES string of the molecule is O=C(Nc1cccc(Cl)c1)N1CC(Oc2nc3ccccc3s2)C1. The number of likely N-dealkylation sites (tertiary alicyclic amines) is 1. The quantitative estimate of drug-likeness (QED) is 0.760. The molecular formula is C17H14ClN3O2S. The summed E-state index contributed by atoms with van der Waals surface area (Å²) in [6.07, 6.45) is -0.0179. The first-order chi connectivity index (χ1) is 11.7. The number of anilines is 1. The van der Waals surface area contributed by atoms with Gasteiger partial charge in [0.2, 0.25) is 0 Å². The van der Waals surface area contributed by atoms with Crippen LogP contribution in [0.1, 0.15) is 0 Å². The second kappa shape index (κ2) is 6.30. The van der Waals surface area contributed by atoms with Crippen LogP contribution in [-0.2, 0) is 0 Å². The van der Waals surface area contributed by atoms with Crippen molar-refractivity contribution in [3.05, 3.63) is 53.6 Å². The topological polar surface area (TPSA) is 54.5 Å². The second-order valence-corrected chi connectivity index (χ2v) is 6.96. The number of fused-ring (bicyclic) bond motifs is 1. The van der Waals surface area contributed by atoms with Crippen molar-refractivity contribution in [3.63, 3.8) is 0 Å². The van der Waals surface area contributed by atoms with Crippen LogP contribution >= 0.6 is 22.9 Å². The molecular weight excluding hydrogens is 346 g/mol. The molecule has 2 aromatic carbocycles. The minimum Gasteiger partial charge on any atom is -0.463 e. The van der Waals surface area contributed by atoms with E-state index in [4.69, 9.17) is 16.3 Å². The molecule has 4 rings (SSSR count). The number of urea groups is 1. The van der Waals surface area contributed by atoms with Gasteiger partial charge in [-0.15, -0.1) is 0 Å². The molecule has 1 aliphatic rings. The molecule has 0 bridgehead atoms. The molecule has 1 fully saturated rings. The van der Waals surface area contributed by atoms with E-state index in [0.717, 1.165) is 10.2 Å². The van der Waals surface area contributed by atoms with Gasteiger partial charge in [0, 0.05) is 10.7 Å². The third kappa shape index (κ3) is 3.16. The summed E-state index contributed by atoms with van der Waals surface area (Å²) >= 11 is 7.43. The van der Waals surface area contributed by atoms with Gasteiger partial charge in [0.25, 0.3) is 5.19 Å². The van der Waals surface area contributed by atoms with Crippen molar-refractivity contribution in [3.8, 4) is 5.19 Å². The van der Waals surface area contributed by atoms with Crippen LogP contribution in [0.2, 0.25) is 5.02 Å². The number of carbonyl (C=O) groups excluding carboxylic acids is 1. The lowest BCUT2D eigenvalue weighted by atomic mass is 10.2. The Labute approximate surface area is 147 Å². The zero-order chi connectivity index (χ0) is 16.5. The van der Waals surface area contributed by atoms with Gasteiger partial charge in [-0.1, -0.05) is 41.1 Å². The number of halogens is 1. The molecule has 1 aliphatic heterocycles. The molecule has 1 saturated heterocycles. The molecule has 24 heavy (non-hydrogen) atoms. The molecule has 1 N–H and O–H groups in total. The standard InChI is InChI=1S/C17H14ClN3O2S/c18-11-4-3-5-12(8-11)19-16(22)21-9-13(10-21)23-17-20-14-6-1-2-7-15(14)24-17/h1-8,13H,9-10H2,(H,19,22). The maximum absolute atomic E-state index is 12.1. The minimum atomic E-state index is -0.151. The van der Waals surface area contributed by atoms with E-state index < -0.39 is 0 Å². The summed E-state index contributed by atoms with van der Waals surface area (Å²) in [5.41, 5.74) is 1.62. The maximum Gasteiger partial charge on any atom is 0.322 e. The van der Waals surface area contributed by atoms with E-state index >= 15 is 0 Å². The number of carbonyl (C=O) groups is 1. The van der Waals surface area contributed by atoms with E-state index in [1.165, 1.54) is 11.3 Å². The average molecular weight is 360 g/mol. The van der Waals surface area contributed by atoms with Crippen molar-refractivity contribution >= 4 is 44.9 Å². The average Bonchev–Trinajstić information content (AvgIpc) is 2.92. The number of amides is 2. The third-order valence-corrected chi connectivity index (χ3v) is 4.92. The van der Waals surface area contributed by atoms with Crippen molar-refractivity contribution in [1.82, 2.24) is 9.88 Å². The summed E-state index contributed by atoms with van der Waals surface area (Å²) in [6, 6.07) is 14.9. The summed E-state index contributed by atoms with van der Waals surface area (Å²) in [7, 11) is 0. The Kier molecular flexibility index (Phi) is 4.00. The molecule has 0 saturated carbocycles. The van der Waals surface area contributed by atoms with Crippen LogP contribution in [0.3, 0.4) is 0 Å². The molecule has 3 aromatic rings. The highest BCUT2D eigenvalue weighted by Crippen LogP contribution is 2.29. The smallest absolute Gasteiger partial charge is 0.322 e. The van der Waals surface area contributed by atoms with Crippen LogP contribution in [0.4, 0.5) is 10.5 Å². The predicted molar refractivity (Wildman–Crippen MR) is 96.1 cm³/mol. The Hall–Kier alpha value is -2.31. The number of benzene rings is 2. The van der Waals surface area contributed by atoms with Crippen LogP contribution in [0, 0.1) is 0 Å². The lowest BCUT2D eigenvalue weighted by Gasteiger charge is -2.38. The monoisotopic (exact) mass is 359 g/mol. The number of thiazole rings is 1. The zero-order valence-corrected chi connectivity index (χ0v) is 14.2. The van der Waals surface area contributed by atoms with Crippen molar-refractivity contribution < 1.29 is 9.53 Å². The van der Waals surface area contributed by atoms with Gasteiger partial charge >= 0.3 is 6.03 Å². The van der Waals surface area contributed by atoms with Gasteiger partial charge in [-0.25, -0.2) is 9.78 Å². The van der Waals surface area contributed by atoms with Crippen LogP contribution in [0.25, 0.3) is 10.2 Å². The van der Waals surface area contributed by atoms with Gasteiger partial charge < -0.3 is 15.0 Å². The Morgan fingerprint density at radius 1 is 1.25 bits per heavy atom. The molecule has 2 amide bonds. The largest absolute Gasteiger partial charge is 0.463 e. The first kappa shape index (κ1) is 15.2. The molecule has 0 unspecified atom stereocenters. The highest BCUT2D eigenvalue weighted by Gasteiger charge is 2.33. The second-order valence-electron chi connectivity index (χ2n) is 5.53. The lowest BCUT2D eigenvalue weighted by molar-refractivity contribution is 0.0492. The Balaban J connectivity index is 1.32. The molecule has 7 heteroatoms. The normalized spacial score (nSPS) is 14.5. The van der Waals surface area contributed by atoms with Gasteiger partial charge in [0.1, 0.15) is 6.10 Å². The minimum absolute atomic E-state index is 0.0179. The number of ether oxygens (including phenoxy) is 1. The number of hydrogen-bond acceptors (Lipinski definition) is 4. The predicted octanol–water partition coefficient (Wildman–Crippen LogP) is 4.24. The Morgan fingerprint density at radius 3 is 2.88 bits per heavy atom. The maximum atomic E-state index is 12.1. The van der Waals surface area contributed by atoms with Crippen LogP contribution < -0.4 is 10.1 Å². The van der Waals surface area contributed by atoms with Gasteiger partial charge in [0.05, 0.1) is 23.3 Å². The van der Waals surface area contributed by atoms with Crippen LogP contribution in [0.5, 0.6) is 5.19 Å². The van der Waals surface area contributed by atoms with Crippen molar-refractivity contribution in [2.24, 2.45) is 0 Å². The van der Waals surface area contributed by atoms with E-state index in [1.807, 2.05) is 24.3 Å². The van der Waals surface area contributed by atoms with Crippen molar-refractivity contribution in [1.29, 1.82) is 0 Å². The molecule has 0 atom stereocenters. The van der Waals surface area contributed by atoms with Crippen LogP contribution in [-0.4, -0.2) is 35.1 Å². The summed E-state index contributed by atoms with van der Waals surface area (Å²) in [6.45, 7) is 1.09. The Morgan fingerprint density at radius 2 is 2.08 bits per heavy atom. The molecule has 0 aliphatic carbocycles. The number of para-hydroxylation sites is 1. The molecule has 122 valence electrons. The van der Waals surface area contributed by atoms with Crippen LogP contribution in [0.15, 0.2) is 48.5 Å². The fourth-order valence-electron chi connectivity index (χ4n) is 2.49. The number of hydrogen-bond donors (Lipinski definition) is 1. The summed E-state index contributed by atoms with van der Waals surface area (Å²) < 4.78 is 6.95. The van der Waals surface area contributed by atoms with E-state index in [0.29, 0.717) is 29.0 Å². The number of aromatic nitrogens is 1. The molecule has 5 nitrogen and oxygen atoms in total. The summed E-state index contributed by atoms with van der Waals surface area (Å²) in [5.74, 6) is 0. The van der Waals surface area contributed by atoms with Gasteiger partial charge in [0.15, 0.2) is 0 Å². The van der Waals surface area contributed by atoms with E-state index in [-0.39, 0.29) is 12.1 Å². The third-order valence-electron chi connectivity index (χ3n) is 3.75. The molecule has 0 spiro atoms. The lowest BCUT2D eigenvalue weighted by Crippen LogP contribution is -2.57. The van der Waals surface area contributed by atoms with Gasteiger partial charge in [-0.2, -0.15) is 0 Å². The summed E-state index contributed by atoms with van der Waals surface area (Å²) in [4.78, 5) is 18.3. The Bertz CT molecular complexity index is 859. The first-order valence-corrected chi connectivity index (χ1v) is 8.70. The molecule has 1 aromatic heterocycles. The van der Waals surface area contributed by atoms with Crippen molar-refractivity contribution in [2.75, 3.05) is 18.4 Å². The van der Waals surface area contributed by atoms with Crippen molar-refractivity contribution in [2.45, 2.75) is 6.10 Å². The van der Waals surface area contributed by atoms with E-state index in [2.05, 4.69) is 10.3 Å². The van der Waals surface area contributed by atoms with Gasteiger partial charge in [-0.05, 0) is 30.3 Å². The molecule has 0 radical (unpaired) electrons. The zero-order valence-electron chi connectivity index (χ0n) is 12.6. The number of nitrogens with zero attached hydrogens (tertiary/aromatic N) is 2. The summed E-state index contributed by atoms with van der Waals surface area (Å²) in [5, 5.41) is 4.06.